The Morgan fingerprint density at radius 1 is 1.50 bits per heavy atom. The van der Waals surface area contributed by atoms with Crippen LogP contribution in [0.1, 0.15) is 27.7 Å². The van der Waals surface area contributed by atoms with Crippen molar-refractivity contribution < 1.29 is 0 Å². The molecule has 1 aliphatic heterocycles. The van der Waals surface area contributed by atoms with Crippen molar-refractivity contribution >= 4 is 0 Å². The molecule has 0 saturated carbocycles. The Bertz CT molecular complexity index is 192. The first kappa shape index (κ1) is 11.7. The second kappa shape index (κ2) is 5.52. The molecule has 1 aliphatic rings. The van der Waals surface area contributed by atoms with Gasteiger partial charge >= 0.3 is 0 Å². The third kappa shape index (κ3) is 3.43. The summed E-state index contributed by atoms with van der Waals surface area (Å²) in [6.45, 7) is 13.6. The minimum absolute atomic E-state index is 0.708. The summed E-state index contributed by atoms with van der Waals surface area (Å²) in [5.74, 6) is 0.744. The zero-order valence-electron chi connectivity index (χ0n) is 10.0. The zero-order chi connectivity index (χ0) is 10.6. The Labute approximate surface area is 88.4 Å². The highest BCUT2D eigenvalue weighted by Crippen LogP contribution is 2.12. The Morgan fingerprint density at radius 2 is 2.21 bits per heavy atom. The van der Waals surface area contributed by atoms with Gasteiger partial charge in [0.05, 0.1) is 0 Å². The van der Waals surface area contributed by atoms with Crippen molar-refractivity contribution in [1.82, 2.24) is 10.2 Å². The molecule has 1 fully saturated rings. The van der Waals surface area contributed by atoms with E-state index in [2.05, 4.69) is 44.0 Å². The van der Waals surface area contributed by atoms with Gasteiger partial charge in [-0.1, -0.05) is 25.5 Å². The van der Waals surface area contributed by atoms with Gasteiger partial charge in [-0.05, 0) is 19.8 Å². The summed E-state index contributed by atoms with van der Waals surface area (Å²) in [6, 6.07) is 0.708. The lowest BCUT2D eigenvalue weighted by atomic mass is 10.0. The average molecular weight is 196 g/mol. The van der Waals surface area contributed by atoms with Crippen LogP contribution in [-0.2, 0) is 0 Å². The molecule has 0 aromatic heterocycles. The van der Waals surface area contributed by atoms with E-state index < -0.39 is 0 Å². The van der Waals surface area contributed by atoms with E-state index in [0.29, 0.717) is 6.04 Å². The fourth-order valence-corrected chi connectivity index (χ4v) is 1.95. The Hall–Kier alpha value is -0.340. The molecule has 82 valence electrons. The molecule has 0 spiro atoms. The first-order chi connectivity index (χ1) is 6.61. The van der Waals surface area contributed by atoms with Gasteiger partial charge in [-0.25, -0.2) is 0 Å². The van der Waals surface area contributed by atoms with E-state index in [1.807, 2.05) is 0 Å². The molecule has 2 heteroatoms. The van der Waals surface area contributed by atoms with Crippen molar-refractivity contribution in [2.75, 3.05) is 26.2 Å². The van der Waals surface area contributed by atoms with Crippen molar-refractivity contribution in [3.63, 3.8) is 0 Å². The SMILES string of the molecule is CC(C)=CCN1CCNCC1C(C)C. The number of hydrogen-bond acceptors (Lipinski definition) is 2. The molecule has 2 nitrogen and oxygen atoms in total. The highest BCUT2D eigenvalue weighted by atomic mass is 15.2. The molecule has 1 unspecified atom stereocenters. The van der Waals surface area contributed by atoms with Crippen LogP contribution in [0.15, 0.2) is 11.6 Å². The average Bonchev–Trinajstić information content (AvgIpc) is 2.15. The number of piperazine rings is 1. The minimum atomic E-state index is 0.708. The van der Waals surface area contributed by atoms with Gasteiger partial charge in [0.2, 0.25) is 0 Å². The number of allylic oxidation sites excluding steroid dienone is 1. The van der Waals surface area contributed by atoms with Crippen molar-refractivity contribution in [2.45, 2.75) is 33.7 Å². The molecule has 1 rings (SSSR count). The molecule has 0 bridgehead atoms. The summed E-state index contributed by atoms with van der Waals surface area (Å²) in [5.41, 5.74) is 1.42. The third-order valence-electron chi connectivity index (χ3n) is 2.90. The summed E-state index contributed by atoms with van der Waals surface area (Å²) in [6.07, 6.45) is 2.33. The summed E-state index contributed by atoms with van der Waals surface area (Å²) in [5, 5.41) is 3.47. The van der Waals surface area contributed by atoms with Crippen LogP contribution in [0.3, 0.4) is 0 Å². The molecular formula is C12H24N2. The summed E-state index contributed by atoms with van der Waals surface area (Å²) < 4.78 is 0. The third-order valence-corrected chi connectivity index (χ3v) is 2.90. The van der Waals surface area contributed by atoms with Crippen molar-refractivity contribution in [1.29, 1.82) is 0 Å². The summed E-state index contributed by atoms with van der Waals surface area (Å²) in [4.78, 5) is 2.59. The van der Waals surface area contributed by atoms with Gasteiger partial charge in [0.1, 0.15) is 0 Å². The normalized spacial score (nSPS) is 23.9. The number of nitrogens with one attached hydrogen (secondary N) is 1. The number of hydrogen-bond donors (Lipinski definition) is 1. The predicted molar refractivity (Wildman–Crippen MR) is 62.5 cm³/mol. The van der Waals surface area contributed by atoms with Crippen LogP contribution >= 0.6 is 0 Å². The molecule has 14 heavy (non-hydrogen) atoms. The van der Waals surface area contributed by atoms with Gasteiger partial charge in [-0.3, -0.25) is 4.90 Å². The molecule has 0 aromatic rings. The largest absolute Gasteiger partial charge is 0.314 e. The summed E-state index contributed by atoms with van der Waals surface area (Å²) in [7, 11) is 0. The summed E-state index contributed by atoms with van der Waals surface area (Å²) >= 11 is 0. The van der Waals surface area contributed by atoms with Crippen LogP contribution in [0.5, 0.6) is 0 Å². The smallest absolute Gasteiger partial charge is 0.0247 e. The van der Waals surface area contributed by atoms with Crippen LogP contribution in [0.2, 0.25) is 0 Å². The van der Waals surface area contributed by atoms with E-state index in [0.717, 1.165) is 25.6 Å². The van der Waals surface area contributed by atoms with E-state index in [1.165, 1.54) is 12.1 Å². The first-order valence-electron chi connectivity index (χ1n) is 5.69. The van der Waals surface area contributed by atoms with Gasteiger partial charge in [0, 0.05) is 32.2 Å². The molecule has 0 amide bonds. The van der Waals surface area contributed by atoms with Gasteiger partial charge < -0.3 is 5.32 Å². The highest BCUT2D eigenvalue weighted by Gasteiger charge is 2.23. The number of nitrogens with zero attached hydrogens (tertiary/aromatic N) is 1. The lowest BCUT2D eigenvalue weighted by Crippen LogP contribution is -2.53. The van der Waals surface area contributed by atoms with Gasteiger partial charge in [-0.2, -0.15) is 0 Å². The van der Waals surface area contributed by atoms with Gasteiger partial charge in [-0.15, -0.1) is 0 Å². The van der Waals surface area contributed by atoms with Crippen LogP contribution in [-0.4, -0.2) is 37.1 Å². The van der Waals surface area contributed by atoms with E-state index in [4.69, 9.17) is 0 Å². The second-order valence-electron chi connectivity index (χ2n) is 4.79. The monoisotopic (exact) mass is 196 g/mol. The van der Waals surface area contributed by atoms with Crippen LogP contribution in [0.4, 0.5) is 0 Å². The molecule has 1 atom stereocenters. The molecule has 1 saturated heterocycles. The molecule has 0 aromatic carbocycles. The van der Waals surface area contributed by atoms with Crippen LogP contribution in [0, 0.1) is 5.92 Å². The molecule has 1 heterocycles. The Kier molecular flexibility index (Phi) is 4.63. The van der Waals surface area contributed by atoms with Crippen LogP contribution < -0.4 is 5.32 Å². The van der Waals surface area contributed by atoms with E-state index >= 15 is 0 Å². The quantitative estimate of drug-likeness (QED) is 0.693. The van der Waals surface area contributed by atoms with Crippen molar-refractivity contribution in [3.8, 4) is 0 Å². The molecule has 0 aliphatic carbocycles. The topological polar surface area (TPSA) is 15.3 Å². The standard InChI is InChI=1S/C12H24N2/c1-10(2)5-7-14-8-6-13-9-12(14)11(3)4/h5,11-13H,6-9H2,1-4H3. The Morgan fingerprint density at radius 3 is 2.79 bits per heavy atom. The molecule has 0 radical (unpaired) electrons. The lowest BCUT2D eigenvalue weighted by Gasteiger charge is -2.38. The van der Waals surface area contributed by atoms with Crippen molar-refractivity contribution in [2.24, 2.45) is 5.92 Å². The highest BCUT2D eigenvalue weighted by molar-refractivity contribution is 4.97. The van der Waals surface area contributed by atoms with Crippen LogP contribution in [0.25, 0.3) is 0 Å². The predicted octanol–water partition coefficient (Wildman–Crippen LogP) is 1.88. The fourth-order valence-electron chi connectivity index (χ4n) is 1.95. The maximum Gasteiger partial charge on any atom is 0.0247 e. The van der Waals surface area contributed by atoms with E-state index in [-0.39, 0.29) is 0 Å². The maximum atomic E-state index is 3.47. The zero-order valence-corrected chi connectivity index (χ0v) is 10.0. The van der Waals surface area contributed by atoms with Crippen molar-refractivity contribution in [3.05, 3.63) is 11.6 Å². The van der Waals surface area contributed by atoms with E-state index in [9.17, 15) is 0 Å². The fraction of sp³-hybridized carbons (Fsp3) is 0.833. The second-order valence-corrected chi connectivity index (χ2v) is 4.79. The molecule has 1 N–H and O–H groups in total. The number of rotatable bonds is 3. The van der Waals surface area contributed by atoms with Gasteiger partial charge in [0.15, 0.2) is 0 Å². The maximum absolute atomic E-state index is 3.47. The van der Waals surface area contributed by atoms with Gasteiger partial charge in [0.25, 0.3) is 0 Å². The first-order valence-corrected chi connectivity index (χ1v) is 5.69. The minimum Gasteiger partial charge on any atom is -0.314 e. The molecular weight excluding hydrogens is 172 g/mol. The Balaban J connectivity index is 2.50. The lowest BCUT2D eigenvalue weighted by molar-refractivity contribution is 0.139. The van der Waals surface area contributed by atoms with E-state index in [1.54, 1.807) is 0 Å².